The van der Waals surface area contributed by atoms with Crippen LogP contribution in [0.5, 0.6) is 0 Å². The third-order valence-corrected chi connectivity index (χ3v) is 4.46. The second kappa shape index (κ2) is 8.03. The van der Waals surface area contributed by atoms with Gasteiger partial charge in [0.15, 0.2) is 0 Å². The van der Waals surface area contributed by atoms with E-state index in [1.54, 1.807) is 0 Å². The predicted molar refractivity (Wildman–Crippen MR) is 108 cm³/mol. The largest absolute Gasteiger partial charge is 0.346 e. The lowest BCUT2D eigenvalue weighted by Crippen LogP contribution is -2.26. The van der Waals surface area contributed by atoms with Crippen molar-refractivity contribution in [3.63, 3.8) is 0 Å². The summed E-state index contributed by atoms with van der Waals surface area (Å²) in [6.45, 7) is 6.28. The van der Waals surface area contributed by atoms with Crippen LogP contribution in [0.15, 0.2) is 53.6 Å². The number of hydrazone groups is 1. The van der Waals surface area contributed by atoms with Gasteiger partial charge in [-0.2, -0.15) is 5.10 Å². The van der Waals surface area contributed by atoms with Crippen molar-refractivity contribution in [3.05, 3.63) is 59.7 Å². The molecule has 2 amide bonds. The smallest absolute Gasteiger partial charge is 0.251 e. The number of hydrogen-bond donors (Lipinski definition) is 2. The molecule has 2 N–H and O–H groups in total. The maximum atomic E-state index is 12.6. The van der Waals surface area contributed by atoms with Gasteiger partial charge in [0.25, 0.3) is 5.91 Å². The van der Waals surface area contributed by atoms with E-state index in [1.165, 1.54) is 6.92 Å². The zero-order valence-electron chi connectivity index (χ0n) is 15.8. The number of rotatable bonds is 5. The lowest BCUT2D eigenvalue weighted by molar-refractivity contribution is -0.114. The summed E-state index contributed by atoms with van der Waals surface area (Å²) in [5.74, 6) is -0.262. The molecule has 1 aliphatic heterocycles. The van der Waals surface area contributed by atoms with Crippen LogP contribution in [-0.4, -0.2) is 24.1 Å². The summed E-state index contributed by atoms with van der Waals surface area (Å²) in [6.07, 6.45) is 0.970. The van der Waals surface area contributed by atoms with Gasteiger partial charge >= 0.3 is 0 Å². The van der Waals surface area contributed by atoms with Crippen LogP contribution in [0.1, 0.15) is 49.2 Å². The minimum absolute atomic E-state index is 0.124. The molecule has 1 atom stereocenters. The summed E-state index contributed by atoms with van der Waals surface area (Å²) in [5, 5.41) is 12.2. The quantitative estimate of drug-likeness (QED) is 0.849. The molecule has 27 heavy (non-hydrogen) atoms. The van der Waals surface area contributed by atoms with Crippen molar-refractivity contribution in [2.24, 2.45) is 5.10 Å². The fraction of sp³-hybridized carbons (Fsp3) is 0.286. The molecule has 0 radical (unpaired) electrons. The Kier molecular flexibility index (Phi) is 5.54. The van der Waals surface area contributed by atoms with Crippen molar-refractivity contribution in [3.8, 4) is 0 Å². The first-order valence-corrected chi connectivity index (χ1v) is 9.02. The molecule has 0 fully saturated rings. The van der Waals surface area contributed by atoms with Gasteiger partial charge in [0, 0.05) is 36.9 Å². The highest BCUT2D eigenvalue weighted by Gasteiger charge is 2.15. The first-order chi connectivity index (χ1) is 12.9. The third-order valence-electron chi connectivity index (χ3n) is 4.46. The number of nitrogens with one attached hydrogen (secondary N) is 2. The summed E-state index contributed by atoms with van der Waals surface area (Å²) in [5.41, 5.74) is 4.34. The summed E-state index contributed by atoms with van der Waals surface area (Å²) >= 11 is 0. The molecule has 2 aromatic rings. The molecule has 3 rings (SSSR count). The number of carbonyl (C=O) groups is 2. The predicted octanol–water partition coefficient (Wildman–Crippen LogP) is 3.72. The van der Waals surface area contributed by atoms with Crippen molar-refractivity contribution in [2.75, 3.05) is 16.9 Å². The molecular formula is C21H24N4O2. The van der Waals surface area contributed by atoms with Crippen molar-refractivity contribution in [2.45, 2.75) is 33.2 Å². The van der Waals surface area contributed by atoms with Crippen LogP contribution in [-0.2, 0) is 4.79 Å². The zero-order chi connectivity index (χ0) is 19.4. The maximum Gasteiger partial charge on any atom is 0.251 e. The summed E-state index contributed by atoms with van der Waals surface area (Å²) in [6, 6.07) is 14.7. The fourth-order valence-corrected chi connectivity index (χ4v) is 3.00. The number of carbonyl (C=O) groups excluding carboxylic acids is 2. The molecule has 0 saturated heterocycles. The topological polar surface area (TPSA) is 73.8 Å². The van der Waals surface area contributed by atoms with Crippen LogP contribution in [0.2, 0.25) is 0 Å². The normalized spacial score (nSPS) is 14.5. The van der Waals surface area contributed by atoms with Crippen molar-refractivity contribution in [1.82, 2.24) is 5.32 Å². The van der Waals surface area contributed by atoms with Crippen LogP contribution in [0, 0.1) is 0 Å². The molecule has 140 valence electrons. The number of benzene rings is 2. The number of amides is 2. The molecule has 2 aromatic carbocycles. The molecule has 0 saturated carbocycles. The second-order valence-corrected chi connectivity index (χ2v) is 6.76. The molecule has 1 unspecified atom stereocenters. The Morgan fingerprint density at radius 2 is 1.89 bits per heavy atom. The van der Waals surface area contributed by atoms with Gasteiger partial charge in [-0.05, 0) is 55.8 Å². The number of nitrogens with zero attached hydrogens (tertiary/aromatic N) is 2. The number of anilines is 2. The molecule has 0 aliphatic carbocycles. The highest BCUT2D eigenvalue weighted by atomic mass is 16.2. The summed E-state index contributed by atoms with van der Waals surface area (Å²) in [4.78, 5) is 23.8. The second-order valence-electron chi connectivity index (χ2n) is 6.76. The van der Waals surface area contributed by atoms with Crippen LogP contribution >= 0.6 is 0 Å². The Bertz CT molecular complexity index is 874. The minimum atomic E-state index is -0.184. The lowest BCUT2D eigenvalue weighted by atomic mass is 10.1. The Balaban J connectivity index is 1.65. The zero-order valence-corrected chi connectivity index (χ0v) is 15.8. The van der Waals surface area contributed by atoms with Crippen LogP contribution in [0.4, 0.5) is 11.4 Å². The minimum Gasteiger partial charge on any atom is -0.346 e. The Labute approximate surface area is 159 Å². The van der Waals surface area contributed by atoms with Gasteiger partial charge in [0.05, 0.1) is 11.7 Å². The average Bonchev–Trinajstić information content (AvgIpc) is 3.08. The van der Waals surface area contributed by atoms with Gasteiger partial charge in [-0.15, -0.1) is 0 Å². The van der Waals surface area contributed by atoms with E-state index in [-0.39, 0.29) is 17.9 Å². The van der Waals surface area contributed by atoms with E-state index in [9.17, 15) is 9.59 Å². The third kappa shape index (κ3) is 4.73. The molecular weight excluding hydrogens is 340 g/mol. The lowest BCUT2D eigenvalue weighted by Gasteiger charge is -2.17. The van der Waals surface area contributed by atoms with Crippen LogP contribution in [0.3, 0.4) is 0 Å². The van der Waals surface area contributed by atoms with Gasteiger partial charge in [0.2, 0.25) is 5.91 Å². The first kappa shape index (κ1) is 18.6. The molecule has 1 aliphatic rings. The SMILES string of the molecule is CC(=O)Nc1cccc(C(C)NC(=O)c2ccc(N3CCC(C)=N3)cc2)c1. The van der Waals surface area contributed by atoms with Crippen molar-refractivity contribution in [1.29, 1.82) is 0 Å². The molecule has 6 heteroatoms. The van der Waals surface area contributed by atoms with E-state index in [0.717, 1.165) is 29.9 Å². The van der Waals surface area contributed by atoms with E-state index < -0.39 is 0 Å². The molecule has 0 spiro atoms. The van der Waals surface area contributed by atoms with E-state index >= 15 is 0 Å². The fourth-order valence-electron chi connectivity index (χ4n) is 3.00. The monoisotopic (exact) mass is 364 g/mol. The molecule has 1 heterocycles. The van der Waals surface area contributed by atoms with E-state index in [1.807, 2.05) is 67.4 Å². The molecule has 0 bridgehead atoms. The van der Waals surface area contributed by atoms with Gasteiger partial charge in [-0.1, -0.05) is 12.1 Å². The highest BCUT2D eigenvalue weighted by molar-refractivity contribution is 5.95. The standard InChI is InChI=1S/C21H24N4O2/c1-14-11-12-25(24-14)20-9-7-17(8-10-20)21(27)22-15(2)18-5-4-6-19(13-18)23-16(3)26/h4-10,13,15H,11-12H2,1-3H3,(H,22,27)(H,23,26). The average molecular weight is 364 g/mol. The molecule has 0 aromatic heterocycles. The maximum absolute atomic E-state index is 12.6. The van der Waals surface area contributed by atoms with Gasteiger partial charge in [-0.25, -0.2) is 0 Å². The van der Waals surface area contributed by atoms with Gasteiger partial charge in [-0.3, -0.25) is 14.6 Å². The number of hydrogen-bond acceptors (Lipinski definition) is 4. The van der Waals surface area contributed by atoms with Gasteiger partial charge in [0.1, 0.15) is 0 Å². The van der Waals surface area contributed by atoms with Crippen LogP contribution in [0.25, 0.3) is 0 Å². The Morgan fingerprint density at radius 3 is 2.52 bits per heavy atom. The highest BCUT2D eigenvalue weighted by Crippen LogP contribution is 2.21. The summed E-state index contributed by atoms with van der Waals surface area (Å²) in [7, 11) is 0. The van der Waals surface area contributed by atoms with E-state index in [4.69, 9.17) is 0 Å². The van der Waals surface area contributed by atoms with Crippen molar-refractivity contribution < 1.29 is 9.59 Å². The Morgan fingerprint density at radius 1 is 1.15 bits per heavy atom. The van der Waals surface area contributed by atoms with Gasteiger partial charge < -0.3 is 10.6 Å². The first-order valence-electron chi connectivity index (χ1n) is 9.02. The summed E-state index contributed by atoms with van der Waals surface area (Å²) < 4.78 is 0. The van der Waals surface area contributed by atoms with E-state index in [0.29, 0.717) is 11.3 Å². The van der Waals surface area contributed by atoms with E-state index in [2.05, 4.69) is 15.7 Å². The Hall–Kier alpha value is -3.15. The molecule has 6 nitrogen and oxygen atoms in total. The van der Waals surface area contributed by atoms with Crippen LogP contribution < -0.4 is 15.6 Å². The van der Waals surface area contributed by atoms with Crippen molar-refractivity contribution >= 4 is 28.9 Å².